The van der Waals surface area contributed by atoms with Crippen molar-refractivity contribution < 1.29 is 13.2 Å². The first-order chi connectivity index (χ1) is 15.3. The third-order valence-electron chi connectivity index (χ3n) is 4.85. The van der Waals surface area contributed by atoms with Gasteiger partial charge in [0.05, 0.1) is 16.3 Å². The quantitative estimate of drug-likeness (QED) is 0.248. The highest BCUT2D eigenvalue weighted by Crippen LogP contribution is 2.27. The van der Waals surface area contributed by atoms with Crippen LogP contribution in [0, 0.1) is 3.57 Å². The summed E-state index contributed by atoms with van der Waals surface area (Å²) >= 11 is 2.21. The molecule has 3 rings (SSSR count). The van der Waals surface area contributed by atoms with Crippen molar-refractivity contribution in [3.05, 3.63) is 93.6 Å². The molecule has 0 aliphatic carbocycles. The van der Waals surface area contributed by atoms with Crippen LogP contribution >= 0.6 is 22.6 Å². The second kappa shape index (κ2) is 10.7. The normalized spacial score (nSPS) is 11.8. The Kier molecular flexibility index (Phi) is 8.03. The zero-order valence-electron chi connectivity index (χ0n) is 17.8. The standard InChI is InChI=1S/C24H24IN3O3S/c1-3-19-10-7-8-15-23(19)28(32(30,31)22-13-5-4-6-14-22)17-24(29)27-26-18(2)20-11-9-12-21(25)16-20/h4-16H,3,17H2,1-2H3,(H,27,29)/b26-18-. The molecule has 6 nitrogen and oxygen atoms in total. The molecule has 0 bridgehead atoms. The van der Waals surface area contributed by atoms with Gasteiger partial charge in [-0.2, -0.15) is 5.10 Å². The number of halogens is 1. The van der Waals surface area contributed by atoms with Gasteiger partial charge in [0.25, 0.3) is 15.9 Å². The fourth-order valence-corrected chi connectivity index (χ4v) is 5.19. The van der Waals surface area contributed by atoms with Gasteiger partial charge in [-0.1, -0.05) is 55.5 Å². The number of hydrazone groups is 1. The van der Waals surface area contributed by atoms with Gasteiger partial charge in [-0.05, 0) is 77.4 Å². The maximum atomic E-state index is 13.4. The molecule has 0 unspecified atom stereocenters. The molecule has 3 aromatic carbocycles. The first-order valence-electron chi connectivity index (χ1n) is 10.1. The van der Waals surface area contributed by atoms with E-state index in [1.54, 1.807) is 37.3 Å². The molecule has 1 N–H and O–H groups in total. The van der Waals surface area contributed by atoms with Crippen LogP contribution in [0.4, 0.5) is 5.69 Å². The summed E-state index contributed by atoms with van der Waals surface area (Å²) in [6.45, 7) is 3.34. The fourth-order valence-electron chi connectivity index (χ4n) is 3.16. The van der Waals surface area contributed by atoms with E-state index in [2.05, 4.69) is 33.1 Å². The molecule has 166 valence electrons. The molecular formula is C24H24IN3O3S. The number of carbonyl (C=O) groups excluding carboxylic acids is 1. The monoisotopic (exact) mass is 561 g/mol. The second-order valence-electron chi connectivity index (χ2n) is 7.05. The van der Waals surface area contributed by atoms with Crippen molar-refractivity contribution in [1.82, 2.24) is 5.43 Å². The Bertz CT molecular complexity index is 1230. The van der Waals surface area contributed by atoms with Crippen LogP contribution in [0.25, 0.3) is 0 Å². The van der Waals surface area contributed by atoms with Crippen LogP contribution < -0.4 is 9.73 Å². The maximum absolute atomic E-state index is 13.4. The summed E-state index contributed by atoms with van der Waals surface area (Å²) in [6.07, 6.45) is 0.627. The Labute approximate surface area is 202 Å². The van der Waals surface area contributed by atoms with Crippen LogP contribution in [0.2, 0.25) is 0 Å². The number of hydrogen-bond acceptors (Lipinski definition) is 4. The SMILES string of the molecule is CCc1ccccc1N(CC(=O)N/N=C(/C)c1cccc(I)c1)S(=O)(=O)c1ccccc1. The number of nitrogens with zero attached hydrogens (tertiary/aromatic N) is 2. The van der Waals surface area contributed by atoms with Crippen molar-refractivity contribution in [2.45, 2.75) is 25.2 Å². The van der Waals surface area contributed by atoms with Crippen LogP contribution in [-0.2, 0) is 21.2 Å². The highest BCUT2D eigenvalue weighted by Gasteiger charge is 2.28. The highest BCUT2D eigenvalue weighted by atomic mass is 127. The molecule has 0 heterocycles. The molecule has 0 fully saturated rings. The summed E-state index contributed by atoms with van der Waals surface area (Å²) in [6, 6.07) is 23.0. The molecule has 0 aliphatic heterocycles. The Hall–Kier alpha value is -2.72. The molecule has 3 aromatic rings. The molecule has 0 aromatic heterocycles. The van der Waals surface area contributed by atoms with E-state index >= 15 is 0 Å². The molecule has 0 saturated heterocycles. The third-order valence-corrected chi connectivity index (χ3v) is 7.30. The molecule has 32 heavy (non-hydrogen) atoms. The lowest BCUT2D eigenvalue weighted by molar-refractivity contribution is -0.119. The predicted molar refractivity (Wildman–Crippen MR) is 136 cm³/mol. The molecular weight excluding hydrogens is 537 g/mol. The minimum absolute atomic E-state index is 0.122. The Morgan fingerprint density at radius 2 is 1.69 bits per heavy atom. The number of benzene rings is 3. The van der Waals surface area contributed by atoms with E-state index in [4.69, 9.17) is 0 Å². The van der Waals surface area contributed by atoms with E-state index in [1.807, 2.05) is 43.3 Å². The number of carbonyl (C=O) groups is 1. The first kappa shape index (κ1) is 23.9. The van der Waals surface area contributed by atoms with Gasteiger partial charge in [0.2, 0.25) is 0 Å². The van der Waals surface area contributed by atoms with Gasteiger partial charge in [-0.3, -0.25) is 9.10 Å². The Morgan fingerprint density at radius 3 is 2.38 bits per heavy atom. The van der Waals surface area contributed by atoms with Crippen LogP contribution in [0.3, 0.4) is 0 Å². The molecule has 0 saturated carbocycles. The number of rotatable bonds is 8. The average Bonchev–Trinajstić information content (AvgIpc) is 2.81. The number of hydrogen-bond donors (Lipinski definition) is 1. The number of para-hydroxylation sites is 1. The zero-order chi connectivity index (χ0) is 23.1. The van der Waals surface area contributed by atoms with E-state index < -0.39 is 22.5 Å². The number of anilines is 1. The van der Waals surface area contributed by atoms with Crippen molar-refractivity contribution in [2.75, 3.05) is 10.8 Å². The minimum atomic E-state index is -3.96. The lowest BCUT2D eigenvalue weighted by atomic mass is 10.1. The second-order valence-corrected chi connectivity index (χ2v) is 10.2. The van der Waals surface area contributed by atoms with Crippen molar-refractivity contribution in [1.29, 1.82) is 0 Å². The average molecular weight is 561 g/mol. The van der Waals surface area contributed by atoms with E-state index in [-0.39, 0.29) is 4.90 Å². The number of sulfonamides is 1. The predicted octanol–water partition coefficient (Wildman–Crippen LogP) is 4.59. The van der Waals surface area contributed by atoms with Crippen LogP contribution in [0.15, 0.2) is 88.9 Å². The largest absolute Gasteiger partial charge is 0.271 e. The highest BCUT2D eigenvalue weighted by molar-refractivity contribution is 14.1. The lowest BCUT2D eigenvalue weighted by Crippen LogP contribution is -2.40. The fraction of sp³-hybridized carbons (Fsp3) is 0.167. The third kappa shape index (κ3) is 5.74. The van der Waals surface area contributed by atoms with Crippen molar-refractivity contribution >= 4 is 49.9 Å². The summed E-state index contributed by atoms with van der Waals surface area (Å²) in [5.41, 5.74) is 5.32. The minimum Gasteiger partial charge on any atom is -0.271 e. The van der Waals surface area contributed by atoms with E-state index in [0.717, 1.165) is 19.0 Å². The number of nitrogens with one attached hydrogen (secondary N) is 1. The Morgan fingerprint density at radius 1 is 1.00 bits per heavy atom. The van der Waals surface area contributed by atoms with Crippen LogP contribution in [0.5, 0.6) is 0 Å². The van der Waals surface area contributed by atoms with E-state index in [0.29, 0.717) is 17.8 Å². The molecule has 8 heteroatoms. The summed E-state index contributed by atoms with van der Waals surface area (Å²) < 4.78 is 29.1. The van der Waals surface area contributed by atoms with Gasteiger partial charge >= 0.3 is 0 Å². The number of amides is 1. The lowest BCUT2D eigenvalue weighted by Gasteiger charge is -2.25. The topological polar surface area (TPSA) is 78.8 Å². The maximum Gasteiger partial charge on any atom is 0.264 e. The van der Waals surface area contributed by atoms with Gasteiger partial charge in [0, 0.05) is 3.57 Å². The van der Waals surface area contributed by atoms with Gasteiger partial charge < -0.3 is 0 Å². The molecule has 0 spiro atoms. The first-order valence-corrected chi connectivity index (χ1v) is 12.6. The summed E-state index contributed by atoms with van der Waals surface area (Å²) in [5, 5.41) is 4.17. The van der Waals surface area contributed by atoms with Gasteiger partial charge in [-0.15, -0.1) is 0 Å². The smallest absolute Gasteiger partial charge is 0.264 e. The number of aryl methyl sites for hydroxylation is 1. The summed E-state index contributed by atoms with van der Waals surface area (Å²) in [5.74, 6) is -0.527. The summed E-state index contributed by atoms with van der Waals surface area (Å²) in [7, 11) is -3.96. The Balaban J connectivity index is 1.91. The van der Waals surface area contributed by atoms with Crippen LogP contribution in [-0.4, -0.2) is 26.6 Å². The van der Waals surface area contributed by atoms with Gasteiger partial charge in [-0.25, -0.2) is 13.8 Å². The van der Waals surface area contributed by atoms with Crippen LogP contribution in [0.1, 0.15) is 25.0 Å². The van der Waals surface area contributed by atoms with Gasteiger partial charge in [0.15, 0.2) is 0 Å². The van der Waals surface area contributed by atoms with Crippen molar-refractivity contribution in [3.63, 3.8) is 0 Å². The van der Waals surface area contributed by atoms with E-state index in [1.165, 1.54) is 12.1 Å². The molecule has 1 amide bonds. The van der Waals surface area contributed by atoms with Crippen molar-refractivity contribution in [3.8, 4) is 0 Å². The molecule has 0 radical (unpaired) electrons. The molecule has 0 atom stereocenters. The summed E-state index contributed by atoms with van der Waals surface area (Å²) in [4.78, 5) is 12.9. The zero-order valence-corrected chi connectivity index (χ0v) is 20.8. The molecule has 0 aliphatic rings. The van der Waals surface area contributed by atoms with Crippen molar-refractivity contribution in [2.24, 2.45) is 5.10 Å². The van der Waals surface area contributed by atoms with Gasteiger partial charge in [0.1, 0.15) is 6.54 Å². The van der Waals surface area contributed by atoms with E-state index in [9.17, 15) is 13.2 Å².